The van der Waals surface area contributed by atoms with Gasteiger partial charge in [0.05, 0.1) is 18.8 Å². The standard InChI is InChI=1S/C21H24N4O/c26-21(25-12-11-20(22-25)18-7-3-1-4-8-18)17-23-13-15-24(16-14-23)19-9-5-2-6-10-19/h1-10H,11-17H2. The van der Waals surface area contributed by atoms with E-state index in [1.165, 1.54) is 5.69 Å². The smallest absolute Gasteiger partial charge is 0.256 e. The van der Waals surface area contributed by atoms with Gasteiger partial charge in [0, 0.05) is 38.3 Å². The number of para-hydroxylation sites is 1. The number of nitrogens with zero attached hydrogens (tertiary/aromatic N) is 4. The van der Waals surface area contributed by atoms with Crippen LogP contribution in [0.5, 0.6) is 0 Å². The Labute approximate surface area is 154 Å². The van der Waals surface area contributed by atoms with Crippen molar-refractivity contribution in [2.24, 2.45) is 5.10 Å². The molecule has 26 heavy (non-hydrogen) atoms. The fourth-order valence-electron chi connectivity index (χ4n) is 3.55. The number of carbonyl (C=O) groups is 1. The van der Waals surface area contributed by atoms with E-state index in [1.807, 2.05) is 24.3 Å². The average Bonchev–Trinajstić information content (AvgIpc) is 3.20. The van der Waals surface area contributed by atoms with Gasteiger partial charge in [-0.15, -0.1) is 0 Å². The van der Waals surface area contributed by atoms with E-state index in [0.717, 1.165) is 43.9 Å². The molecule has 2 aliphatic rings. The number of hydrogen-bond donors (Lipinski definition) is 0. The normalized spacial score (nSPS) is 18.1. The molecule has 1 amide bonds. The summed E-state index contributed by atoms with van der Waals surface area (Å²) in [6.45, 7) is 4.86. The first kappa shape index (κ1) is 16.8. The van der Waals surface area contributed by atoms with Crippen LogP contribution in [-0.2, 0) is 4.79 Å². The van der Waals surface area contributed by atoms with Gasteiger partial charge in [-0.3, -0.25) is 9.69 Å². The molecule has 5 nitrogen and oxygen atoms in total. The van der Waals surface area contributed by atoms with Crippen molar-refractivity contribution in [3.63, 3.8) is 0 Å². The second-order valence-electron chi connectivity index (χ2n) is 6.78. The maximum Gasteiger partial charge on any atom is 0.256 e. The summed E-state index contributed by atoms with van der Waals surface area (Å²) in [4.78, 5) is 17.2. The van der Waals surface area contributed by atoms with E-state index in [1.54, 1.807) is 5.01 Å². The zero-order valence-corrected chi connectivity index (χ0v) is 14.9. The van der Waals surface area contributed by atoms with Crippen molar-refractivity contribution in [2.75, 3.05) is 44.2 Å². The lowest BCUT2D eigenvalue weighted by atomic mass is 10.1. The van der Waals surface area contributed by atoms with Crippen LogP contribution in [-0.4, -0.2) is 60.8 Å². The maximum atomic E-state index is 12.6. The van der Waals surface area contributed by atoms with Crippen molar-refractivity contribution >= 4 is 17.3 Å². The molecule has 0 aromatic heterocycles. The zero-order chi connectivity index (χ0) is 17.8. The Morgan fingerprint density at radius 1 is 0.846 bits per heavy atom. The quantitative estimate of drug-likeness (QED) is 0.852. The van der Waals surface area contributed by atoms with Crippen LogP contribution >= 0.6 is 0 Å². The summed E-state index contributed by atoms with van der Waals surface area (Å²) < 4.78 is 0. The molecule has 2 aliphatic heterocycles. The number of carbonyl (C=O) groups excluding carboxylic acids is 1. The summed E-state index contributed by atoms with van der Waals surface area (Å²) in [5.41, 5.74) is 3.38. The molecule has 0 bridgehead atoms. The summed E-state index contributed by atoms with van der Waals surface area (Å²) >= 11 is 0. The molecule has 0 saturated carbocycles. The van der Waals surface area contributed by atoms with Crippen LogP contribution in [0.1, 0.15) is 12.0 Å². The summed E-state index contributed by atoms with van der Waals surface area (Å²) in [7, 11) is 0. The van der Waals surface area contributed by atoms with Crippen molar-refractivity contribution in [1.82, 2.24) is 9.91 Å². The molecule has 4 rings (SSSR count). The van der Waals surface area contributed by atoms with Crippen LogP contribution in [0, 0.1) is 0 Å². The van der Waals surface area contributed by atoms with Gasteiger partial charge >= 0.3 is 0 Å². The Balaban J connectivity index is 1.30. The van der Waals surface area contributed by atoms with Gasteiger partial charge in [0.1, 0.15) is 0 Å². The molecule has 1 saturated heterocycles. The lowest BCUT2D eigenvalue weighted by Crippen LogP contribution is -2.49. The summed E-state index contributed by atoms with van der Waals surface area (Å²) in [5.74, 6) is 0.101. The fourth-order valence-corrected chi connectivity index (χ4v) is 3.55. The lowest BCUT2D eigenvalue weighted by Gasteiger charge is -2.36. The Kier molecular flexibility index (Phi) is 4.97. The molecule has 2 aromatic carbocycles. The number of benzene rings is 2. The number of rotatable bonds is 4. The van der Waals surface area contributed by atoms with Gasteiger partial charge in [-0.05, 0) is 17.7 Å². The molecule has 0 unspecified atom stereocenters. The lowest BCUT2D eigenvalue weighted by molar-refractivity contribution is -0.132. The van der Waals surface area contributed by atoms with Crippen LogP contribution < -0.4 is 4.90 Å². The molecule has 2 heterocycles. The predicted molar refractivity (Wildman–Crippen MR) is 104 cm³/mol. The topological polar surface area (TPSA) is 39.2 Å². The highest BCUT2D eigenvalue weighted by atomic mass is 16.2. The van der Waals surface area contributed by atoms with Crippen LogP contribution in [0.4, 0.5) is 5.69 Å². The van der Waals surface area contributed by atoms with Crippen molar-refractivity contribution in [2.45, 2.75) is 6.42 Å². The third kappa shape index (κ3) is 3.78. The van der Waals surface area contributed by atoms with Crippen molar-refractivity contribution in [1.29, 1.82) is 0 Å². The van der Waals surface area contributed by atoms with Gasteiger partial charge in [-0.1, -0.05) is 48.5 Å². The molecule has 5 heteroatoms. The van der Waals surface area contributed by atoms with Crippen LogP contribution in [0.3, 0.4) is 0 Å². The highest BCUT2D eigenvalue weighted by Gasteiger charge is 2.25. The highest BCUT2D eigenvalue weighted by molar-refractivity contribution is 6.02. The minimum Gasteiger partial charge on any atom is -0.369 e. The van der Waals surface area contributed by atoms with Gasteiger partial charge in [0.15, 0.2) is 0 Å². The first-order valence-electron chi connectivity index (χ1n) is 9.25. The van der Waals surface area contributed by atoms with E-state index >= 15 is 0 Å². The summed E-state index contributed by atoms with van der Waals surface area (Å²) in [5, 5.41) is 6.19. The number of amides is 1. The molecule has 1 fully saturated rings. The molecular weight excluding hydrogens is 324 g/mol. The van der Waals surface area contributed by atoms with E-state index in [0.29, 0.717) is 13.1 Å². The Morgan fingerprint density at radius 2 is 1.50 bits per heavy atom. The summed E-state index contributed by atoms with van der Waals surface area (Å²) in [6, 6.07) is 20.6. The predicted octanol–water partition coefficient (Wildman–Crippen LogP) is 2.45. The number of hydrogen-bond acceptors (Lipinski definition) is 4. The number of piperazine rings is 1. The molecule has 134 valence electrons. The third-order valence-electron chi connectivity index (χ3n) is 5.05. The van der Waals surface area contributed by atoms with Crippen LogP contribution in [0.2, 0.25) is 0 Å². The molecular formula is C21H24N4O. The largest absolute Gasteiger partial charge is 0.369 e. The van der Waals surface area contributed by atoms with Gasteiger partial charge in [-0.2, -0.15) is 5.10 Å². The Hall–Kier alpha value is -2.66. The molecule has 0 atom stereocenters. The maximum absolute atomic E-state index is 12.6. The Bertz CT molecular complexity index is 767. The SMILES string of the molecule is O=C(CN1CCN(c2ccccc2)CC1)N1CCC(c2ccccc2)=N1. The van der Waals surface area contributed by atoms with Gasteiger partial charge in [0.25, 0.3) is 5.91 Å². The van der Waals surface area contributed by atoms with E-state index in [-0.39, 0.29) is 5.91 Å². The zero-order valence-electron chi connectivity index (χ0n) is 14.9. The molecule has 0 N–H and O–H groups in total. The minimum atomic E-state index is 0.101. The second-order valence-corrected chi connectivity index (χ2v) is 6.78. The van der Waals surface area contributed by atoms with E-state index in [9.17, 15) is 4.79 Å². The highest BCUT2D eigenvalue weighted by Crippen LogP contribution is 2.17. The van der Waals surface area contributed by atoms with Crippen molar-refractivity contribution < 1.29 is 4.79 Å². The van der Waals surface area contributed by atoms with Gasteiger partial charge in [0.2, 0.25) is 0 Å². The fraction of sp³-hybridized carbons (Fsp3) is 0.333. The van der Waals surface area contributed by atoms with Crippen LogP contribution in [0.15, 0.2) is 65.8 Å². The number of anilines is 1. The molecule has 0 radical (unpaired) electrons. The van der Waals surface area contributed by atoms with Crippen molar-refractivity contribution in [3.8, 4) is 0 Å². The average molecular weight is 348 g/mol. The molecule has 0 spiro atoms. The first-order valence-corrected chi connectivity index (χ1v) is 9.25. The Morgan fingerprint density at radius 3 is 2.19 bits per heavy atom. The van der Waals surface area contributed by atoms with E-state index in [2.05, 4.69) is 51.3 Å². The second kappa shape index (κ2) is 7.70. The third-order valence-corrected chi connectivity index (χ3v) is 5.05. The molecule has 2 aromatic rings. The van der Waals surface area contributed by atoms with Crippen LogP contribution in [0.25, 0.3) is 0 Å². The van der Waals surface area contributed by atoms with E-state index < -0.39 is 0 Å². The minimum absolute atomic E-state index is 0.101. The first-order chi connectivity index (χ1) is 12.8. The van der Waals surface area contributed by atoms with E-state index in [4.69, 9.17) is 0 Å². The van der Waals surface area contributed by atoms with Gasteiger partial charge in [-0.25, -0.2) is 5.01 Å². The number of hydrazone groups is 1. The monoisotopic (exact) mass is 348 g/mol. The summed E-state index contributed by atoms with van der Waals surface area (Å²) in [6.07, 6.45) is 0.831. The van der Waals surface area contributed by atoms with Crippen molar-refractivity contribution in [3.05, 3.63) is 66.2 Å². The van der Waals surface area contributed by atoms with Gasteiger partial charge < -0.3 is 4.90 Å². The molecule has 0 aliphatic carbocycles.